The number of aromatic nitrogens is 1. The molecule has 2 amide bonds. The van der Waals surface area contributed by atoms with Crippen LogP contribution in [0.5, 0.6) is 0 Å². The monoisotopic (exact) mass is 461 g/mol. The molecule has 0 radical (unpaired) electrons. The van der Waals surface area contributed by atoms with Crippen LogP contribution in [0, 0.1) is 13.8 Å². The van der Waals surface area contributed by atoms with Crippen LogP contribution in [0.2, 0.25) is 0 Å². The van der Waals surface area contributed by atoms with E-state index in [4.69, 9.17) is 0 Å². The van der Waals surface area contributed by atoms with Crippen molar-refractivity contribution in [2.24, 2.45) is 0 Å². The number of carbonyl (C=O) groups excluding carboxylic acids is 2. The molecule has 1 unspecified atom stereocenters. The Bertz CT molecular complexity index is 1110. The maximum Gasteiger partial charge on any atom is 0.223 e. The molecular formula is C27H31N3O2S. The Labute approximate surface area is 199 Å². The molecular weight excluding hydrogens is 430 g/mol. The Morgan fingerprint density at radius 1 is 1.09 bits per heavy atom. The molecule has 4 rings (SSSR count). The van der Waals surface area contributed by atoms with Gasteiger partial charge in [-0.2, -0.15) is 0 Å². The van der Waals surface area contributed by atoms with Gasteiger partial charge in [-0.15, -0.1) is 11.3 Å². The van der Waals surface area contributed by atoms with Crippen LogP contribution in [0.4, 0.5) is 0 Å². The normalized spacial score (nSPS) is 15.6. The van der Waals surface area contributed by atoms with Gasteiger partial charge >= 0.3 is 0 Å². The van der Waals surface area contributed by atoms with Crippen molar-refractivity contribution in [3.63, 3.8) is 0 Å². The third-order valence-corrected chi connectivity index (χ3v) is 7.17. The third-order valence-electron chi connectivity index (χ3n) is 6.27. The first-order valence-corrected chi connectivity index (χ1v) is 12.5. The lowest BCUT2D eigenvalue weighted by Crippen LogP contribution is -2.32. The fraction of sp³-hybridized carbons (Fsp3) is 0.370. The molecule has 0 spiro atoms. The summed E-state index contributed by atoms with van der Waals surface area (Å²) in [5, 5.41) is 5.86. The maximum atomic E-state index is 12.8. The number of nitrogens with zero attached hydrogens (tertiary/aromatic N) is 2. The van der Waals surface area contributed by atoms with Crippen molar-refractivity contribution in [2.75, 3.05) is 6.54 Å². The minimum atomic E-state index is -0.106. The zero-order valence-corrected chi connectivity index (χ0v) is 20.2. The van der Waals surface area contributed by atoms with Crippen LogP contribution in [0.3, 0.4) is 0 Å². The molecule has 3 aromatic rings. The predicted octanol–water partition coefficient (Wildman–Crippen LogP) is 5.11. The van der Waals surface area contributed by atoms with Crippen molar-refractivity contribution in [1.29, 1.82) is 0 Å². The van der Waals surface area contributed by atoms with Gasteiger partial charge in [-0.1, -0.05) is 54.1 Å². The number of benzene rings is 2. The number of aryl methyl sites for hydroxylation is 2. The SMILES string of the molecule is Cc1ccc(C2CCCN2C(=O)CCC(=O)NCc2nc(Cc3ccccc3C)cs2)cc1. The van der Waals surface area contributed by atoms with Gasteiger partial charge in [0.1, 0.15) is 5.01 Å². The highest BCUT2D eigenvalue weighted by Crippen LogP contribution is 2.32. The van der Waals surface area contributed by atoms with E-state index in [1.807, 2.05) is 17.0 Å². The summed E-state index contributed by atoms with van der Waals surface area (Å²) in [6.45, 7) is 5.34. The van der Waals surface area contributed by atoms with Gasteiger partial charge in [0.15, 0.2) is 0 Å². The lowest BCUT2D eigenvalue weighted by molar-refractivity contribution is -0.134. The highest BCUT2D eigenvalue weighted by atomic mass is 32.1. The van der Waals surface area contributed by atoms with Crippen molar-refractivity contribution >= 4 is 23.2 Å². The lowest BCUT2D eigenvalue weighted by atomic mass is 10.0. The fourth-order valence-corrected chi connectivity index (χ4v) is 5.08. The van der Waals surface area contributed by atoms with E-state index in [0.29, 0.717) is 6.54 Å². The average Bonchev–Trinajstić information content (AvgIpc) is 3.48. The first kappa shape index (κ1) is 23.2. The smallest absolute Gasteiger partial charge is 0.223 e. The van der Waals surface area contributed by atoms with E-state index in [2.05, 4.69) is 65.9 Å². The number of nitrogens with one attached hydrogen (secondary N) is 1. The summed E-state index contributed by atoms with van der Waals surface area (Å²) in [5.74, 6) is -0.0481. The van der Waals surface area contributed by atoms with Crippen molar-refractivity contribution in [3.05, 3.63) is 86.9 Å². The molecule has 1 aliphatic heterocycles. The van der Waals surface area contributed by atoms with Crippen LogP contribution in [0.25, 0.3) is 0 Å². The van der Waals surface area contributed by atoms with E-state index >= 15 is 0 Å². The van der Waals surface area contributed by atoms with Crippen LogP contribution in [-0.4, -0.2) is 28.2 Å². The van der Waals surface area contributed by atoms with Gasteiger partial charge in [0, 0.05) is 31.2 Å². The van der Waals surface area contributed by atoms with Crippen LogP contribution in [0.1, 0.15) is 64.7 Å². The van der Waals surface area contributed by atoms with Gasteiger partial charge in [0.2, 0.25) is 11.8 Å². The highest BCUT2D eigenvalue weighted by molar-refractivity contribution is 7.09. The summed E-state index contributed by atoms with van der Waals surface area (Å²) in [5.41, 5.74) is 5.94. The molecule has 1 saturated heterocycles. The number of carbonyl (C=O) groups is 2. The Kier molecular flexibility index (Phi) is 7.55. The van der Waals surface area contributed by atoms with Crippen LogP contribution in [-0.2, 0) is 22.6 Å². The lowest BCUT2D eigenvalue weighted by Gasteiger charge is -2.25. The third kappa shape index (κ3) is 6.08. The molecule has 2 heterocycles. The molecule has 0 bridgehead atoms. The number of likely N-dealkylation sites (tertiary alicyclic amines) is 1. The standard InChI is InChI=1S/C27H31N3O2S/c1-19-9-11-21(12-10-19)24-8-5-15-30(24)27(32)14-13-25(31)28-17-26-29-23(18-33-26)16-22-7-4-3-6-20(22)2/h3-4,6-7,9-12,18,24H,5,8,13-17H2,1-2H3,(H,28,31). The molecule has 1 aliphatic rings. The number of hydrogen-bond acceptors (Lipinski definition) is 4. The zero-order valence-electron chi connectivity index (χ0n) is 19.3. The molecule has 6 heteroatoms. The van der Waals surface area contributed by atoms with E-state index in [1.165, 1.54) is 22.3 Å². The molecule has 2 aromatic carbocycles. The molecule has 0 aliphatic carbocycles. The summed E-state index contributed by atoms with van der Waals surface area (Å²) in [6.07, 6.45) is 3.23. The Hall–Kier alpha value is -2.99. The van der Waals surface area contributed by atoms with Gasteiger partial charge in [-0.05, 0) is 43.4 Å². The largest absolute Gasteiger partial charge is 0.350 e. The number of rotatable bonds is 8. The van der Waals surface area contributed by atoms with Gasteiger partial charge < -0.3 is 10.2 Å². The second-order valence-corrected chi connectivity index (χ2v) is 9.71. The zero-order chi connectivity index (χ0) is 23.2. The van der Waals surface area contributed by atoms with Gasteiger partial charge in [-0.25, -0.2) is 4.98 Å². The predicted molar refractivity (Wildman–Crippen MR) is 132 cm³/mol. The Morgan fingerprint density at radius 3 is 2.67 bits per heavy atom. The molecule has 1 aromatic heterocycles. The Balaban J connectivity index is 1.23. The molecule has 1 fully saturated rings. The van der Waals surface area contributed by atoms with Gasteiger partial charge in [0.05, 0.1) is 18.3 Å². The van der Waals surface area contributed by atoms with Gasteiger partial charge in [-0.3, -0.25) is 9.59 Å². The van der Waals surface area contributed by atoms with E-state index in [1.54, 1.807) is 11.3 Å². The van der Waals surface area contributed by atoms with Crippen molar-refractivity contribution in [3.8, 4) is 0 Å². The number of amides is 2. The molecule has 33 heavy (non-hydrogen) atoms. The molecule has 172 valence electrons. The first-order valence-electron chi connectivity index (χ1n) is 11.6. The van der Waals surface area contributed by atoms with Crippen LogP contribution in [0.15, 0.2) is 53.9 Å². The second-order valence-electron chi connectivity index (χ2n) is 8.77. The maximum absolute atomic E-state index is 12.8. The first-order chi connectivity index (χ1) is 16.0. The highest BCUT2D eigenvalue weighted by Gasteiger charge is 2.29. The summed E-state index contributed by atoms with van der Waals surface area (Å²) in [7, 11) is 0. The van der Waals surface area contributed by atoms with Crippen LogP contribution < -0.4 is 5.32 Å². The van der Waals surface area contributed by atoms with E-state index in [0.717, 1.165) is 36.5 Å². The topological polar surface area (TPSA) is 62.3 Å². The second kappa shape index (κ2) is 10.8. The van der Waals surface area contributed by atoms with Crippen molar-refractivity contribution < 1.29 is 9.59 Å². The van der Waals surface area contributed by atoms with E-state index in [9.17, 15) is 9.59 Å². The molecule has 1 atom stereocenters. The molecule has 5 nitrogen and oxygen atoms in total. The minimum Gasteiger partial charge on any atom is -0.350 e. The average molecular weight is 462 g/mol. The van der Waals surface area contributed by atoms with Crippen molar-refractivity contribution in [2.45, 2.75) is 58.5 Å². The van der Waals surface area contributed by atoms with Crippen molar-refractivity contribution in [1.82, 2.24) is 15.2 Å². The van der Waals surface area contributed by atoms with E-state index < -0.39 is 0 Å². The quantitative estimate of drug-likeness (QED) is 0.507. The minimum absolute atomic E-state index is 0.0583. The van der Waals surface area contributed by atoms with E-state index in [-0.39, 0.29) is 30.7 Å². The van der Waals surface area contributed by atoms with Gasteiger partial charge in [0.25, 0.3) is 0 Å². The summed E-state index contributed by atoms with van der Waals surface area (Å²) < 4.78 is 0. The summed E-state index contributed by atoms with van der Waals surface area (Å²) in [6, 6.07) is 16.8. The van der Waals surface area contributed by atoms with Crippen LogP contribution >= 0.6 is 11.3 Å². The fourth-order valence-electron chi connectivity index (χ4n) is 4.34. The molecule has 0 saturated carbocycles. The molecule has 1 N–H and O–H groups in total. The Morgan fingerprint density at radius 2 is 1.88 bits per heavy atom. The number of thiazole rings is 1. The number of hydrogen-bond donors (Lipinski definition) is 1. The summed E-state index contributed by atoms with van der Waals surface area (Å²) in [4.78, 5) is 31.8. The summed E-state index contributed by atoms with van der Waals surface area (Å²) >= 11 is 1.56.